The Balaban J connectivity index is 0.00000208. The van der Waals surface area contributed by atoms with Gasteiger partial charge in [0.2, 0.25) is 0 Å². The summed E-state index contributed by atoms with van der Waals surface area (Å²) in [6.07, 6.45) is 4.49. The lowest BCUT2D eigenvalue weighted by Crippen LogP contribution is -2.36. The van der Waals surface area contributed by atoms with E-state index in [1.165, 1.54) is 16.7 Å². The molecule has 0 bridgehead atoms. The van der Waals surface area contributed by atoms with Crippen molar-refractivity contribution in [2.24, 2.45) is 0 Å². The third kappa shape index (κ3) is 4.62. The van der Waals surface area contributed by atoms with Gasteiger partial charge in [0.1, 0.15) is 5.75 Å². The van der Waals surface area contributed by atoms with Crippen LogP contribution in [0.25, 0.3) is 5.57 Å². The van der Waals surface area contributed by atoms with E-state index in [1.807, 2.05) is 24.3 Å². The summed E-state index contributed by atoms with van der Waals surface area (Å²) in [6, 6.07) is 16.9. The van der Waals surface area contributed by atoms with Crippen LogP contribution in [0.2, 0.25) is 5.02 Å². The molecule has 3 rings (SSSR count). The molecule has 1 aliphatic heterocycles. The lowest BCUT2D eigenvalue weighted by atomic mass is 9.93. The molecular formula is C20H23BrClNO. The molecule has 0 amide bonds. The smallest absolute Gasteiger partial charge is 0.118 e. The zero-order valence-corrected chi connectivity index (χ0v) is 16.5. The molecular weight excluding hydrogens is 386 g/mol. The number of benzene rings is 2. The fraction of sp³-hybridized carbons (Fsp3) is 0.300. The van der Waals surface area contributed by atoms with Crippen LogP contribution in [-0.4, -0.2) is 31.6 Å². The van der Waals surface area contributed by atoms with Gasteiger partial charge >= 0.3 is 0 Å². The Morgan fingerprint density at radius 2 is 1.75 bits per heavy atom. The molecule has 0 fully saturated rings. The Labute approximate surface area is 159 Å². The summed E-state index contributed by atoms with van der Waals surface area (Å²) in [7, 11) is 3.90. The molecule has 128 valence electrons. The van der Waals surface area contributed by atoms with Gasteiger partial charge in [-0.1, -0.05) is 41.9 Å². The van der Waals surface area contributed by atoms with Gasteiger partial charge < -0.3 is 4.74 Å². The van der Waals surface area contributed by atoms with E-state index < -0.39 is 0 Å². The number of rotatable bonds is 4. The van der Waals surface area contributed by atoms with Crippen molar-refractivity contribution in [3.8, 4) is 5.75 Å². The van der Waals surface area contributed by atoms with Crippen LogP contribution in [0.3, 0.4) is 0 Å². The second-order valence-electron chi connectivity index (χ2n) is 6.05. The zero-order valence-electron chi connectivity index (χ0n) is 14.0. The largest absolute Gasteiger partial charge is 0.497 e. The number of hydrogen-bond acceptors (Lipinski definition) is 2. The third-order valence-corrected chi connectivity index (χ3v) is 4.76. The predicted molar refractivity (Wildman–Crippen MR) is 107 cm³/mol. The predicted octanol–water partition coefficient (Wildman–Crippen LogP) is 5.26. The summed E-state index contributed by atoms with van der Waals surface area (Å²) in [5.74, 6) is 0.906. The summed E-state index contributed by atoms with van der Waals surface area (Å²) in [6.45, 7) is 1.08. The number of ether oxygens (including phenoxy) is 1. The standard InChI is InChI=1S/C20H22ClNO.BrH/c1-22-12-11-17(16-5-7-18(21)8-6-16)14-19(22)13-15-3-9-20(23-2)10-4-15;/h3-10,14,19H,11-13H2,1-2H3;1H. The van der Waals surface area contributed by atoms with E-state index in [4.69, 9.17) is 16.3 Å². The first-order valence-corrected chi connectivity index (χ1v) is 8.33. The van der Waals surface area contributed by atoms with Gasteiger partial charge in [0.15, 0.2) is 0 Å². The molecule has 2 aromatic carbocycles. The first-order valence-electron chi connectivity index (χ1n) is 7.95. The van der Waals surface area contributed by atoms with Crippen LogP contribution in [0.15, 0.2) is 54.6 Å². The second kappa shape index (κ2) is 8.70. The monoisotopic (exact) mass is 407 g/mol. The van der Waals surface area contributed by atoms with E-state index in [9.17, 15) is 0 Å². The minimum absolute atomic E-state index is 0. The number of halogens is 2. The molecule has 0 saturated carbocycles. The summed E-state index contributed by atoms with van der Waals surface area (Å²) in [4.78, 5) is 2.42. The fourth-order valence-corrected chi connectivity index (χ4v) is 3.15. The van der Waals surface area contributed by atoms with Gasteiger partial charge in [0, 0.05) is 17.6 Å². The highest BCUT2D eigenvalue weighted by molar-refractivity contribution is 8.93. The van der Waals surface area contributed by atoms with Crippen molar-refractivity contribution in [1.82, 2.24) is 4.90 Å². The Morgan fingerprint density at radius 3 is 2.38 bits per heavy atom. The van der Waals surface area contributed by atoms with Gasteiger partial charge in [-0.05, 0) is 60.9 Å². The lowest BCUT2D eigenvalue weighted by Gasteiger charge is -2.31. The second-order valence-corrected chi connectivity index (χ2v) is 6.49. The number of hydrogen-bond donors (Lipinski definition) is 0. The van der Waals surface area contributed by atoms with Crippen LogP contribution in [-0.2, 0) is 6.42 Å². The van der Waals surface area contributed by atoms with Crippen molar-refractivity contribution >= 4 is 34.2 Å². The summed E-state index contributed by atoms with van der Waals surface area (Å²) >= 11 is 6.00. The van der Waals surface area contributed by atoms with Crippen molar-refractivity contribution in [1.29, 1.82) is 0 Å². The van der Waals surface area contributed by atoms with E-state index in [2.05, 4.69) is 42.3 Å². The molecule has 2 aromatic rings. The van der Waals surface area contributed by atoms with Gasteiger partial charge in [-0.25, -0.2) is 0 Å². The summed E-state index contributed by atoms with van der Waals surface area (Å²) < 4.78 is 5.23. The third-order valence-electron chi connectivity index (χ3n) is 4.51. The van der Waals surface area contributed by atoms with E-state index in [1.54, 1.807) is 7.11 Å². The molecule has 24 heavy (non-hydrogen) atoms. The zero-order chi connectivity index (χ0) is 16.2. The molecule has 1 unspecified atom stereocenters. The number of methoxy groups -OCH3 is 1. The van der Waals surface area contributed by atoms with Crippen LogP contribution in [0.5, 0.6) is 5.75 Å². The summed E-state index contributed by atoms with van der Waals surface area (Å²) in [5.41, 5.74) is 4.02. The van der Waals surface area contributed by atoms with Crippen LogP contribution in [0.1, 0.15) is 17.5 Å². The van der Waals surface area contributed by atoms with Gasteiger partial charge in [-0.15, -0.1) is 17.0 Å². The number of likely N-dealkylation sites (N-methyl/N-ethyl adjacent to an activating group) is 1. The topological polar surface area (TPSA) is 12.5 Å². The molecule has 0 N–H and O–H groups in total. The minimum atomic E-state index is 0. The molecule has 2 nitrogen and oxygen atoms in total. The highest BCUT2D eigenvalue weighted by Crippen LogP contribution is 2.27. The van der Waals surface area contributed by atoms with Crippen molar-refractivity contribution in [2.75, 3.05) is 20.7 Å². The van der Waals surface area contributed by atoms with Crippen LogP contribution in [0, 0.1) is 0 Å². The Bertz CT molecular complexity index is 682. The van der Waals surface area contributed by atoms with Crippen molar-refractivity contribution < 1.29 is 4.74 Å². The first-order chi connectivity index (χ1) is 11.2. The van der Waals surface area contributed by atoms with Crippen LogP contribution in [0.4, 0.5) is 0 Å². The van der Waals surface area contributed by atoms with Gasteiger partial charge in [-0.2, -0.15) is 0 Å². The van der Waals surface area contributed by atoms with Gasteiger partial charge in [-0.3, -0.25) is 4.90 Å². The van der Waals surface area contributed by atoms with Gasteiger partial charge in [0.25, 0.3) is 0 Å². The van der Waals surface area contributed by atoms with Crippen molar-refractivity contribution in [3.63, 3.8) is 0 Å². The highest BCUT2D eigenvalue weighted by atomic mass is 79.9. The van der Waals surface area contributed by atoms with E-state index in [0.29, 0.717) is 6.04 Å². The van der Waals surface area contributed by atoms with E-state index in [-0.39, 0.29) is 17.0 Å². The Kier molecular flexibility index (Phi) is 6.90. The maximum atomic E-state index is 6.00. The highest BCUT2D eigenvalue weighted by Gasteiger charge is 2.20. The average molecular weight is 409 g/mol. The van der Waals surface area contributed by atoms with E-state index in [0.717, 1.165) is 30.2 Å². The Hall–Kier alpha value is -1.29. The minimum Gasteiger partial charge on any atom is -0.497 e. The summed E-state index contributed by atoms with van der Waals surface area (Å²) in [5, 5.41) is 0.789. The Morgan fingerprint density at radius 1 is 1.08 bits per heavy atom. The molecule has 0 aromatic heterocycles. The molecule has 0 aliphatic carbocycles. The number of nitrogens with zero attached hydrogens (tertiary/aromatic N) is 1. The molecule has 0 radical (unpaired) electrons. The molecule has 1 aliphatic rings. The van der Waals surface area contributed by atoms with E-state index >= 15 is 0 Å². The molecule has 1 atom stereocenters. The van der Waals surface area contributed by atoms with Crippen molar-refractivity contribution in [3.05, 3.63) is 70.8 Å². The SMILES string of the molecule is Br.COc1ccc(CC2C=C(c3ccc(Cl)cc3)CCN2C)cc1. The van der Waals surface area contributed by atoms with Crippen LogP contribution < -0.4 is 4.74 Å². The van der Waals surface area contributed by atoms with Gasteiger partial charge in [0.05, 0.1) is 7.11 Å². The molecule has 0 spiro atoms. The van der Waals surface area contributed by atoms with Crippen LogP contribution >= 0.6 is 28.6 Å². The molecule has 1 heterocycles. The lowest BCUT2D eigenvalue weighted by molar-refractivity contribution is 0.277. The maximum absolute atomic E-state index is 6.00. The fourth-order valence-electron chi connectivity index (χ4n) is 3.03. The first kappa shape index (κ1) is 19.0. The quantitative estimate of drug-likeness (QED) is 0.684. The normalized spacial score (nSPS) is 17.8. The molecule has 4 heteroatoms. The molecule has 0 saturated heterocycles. The van der Waals surface area contributed by atoms with Crippen molar-refractivity contribution in [2.45, 2.75) is 18.9 Å². The maximum Gasteiger partial charge on any atom is 0.118 e. The average Bonchev–Trinajstić information content (AvgIpc) is 2.58.